The Morgan fingerprint density at radius 1 is 0.170 bits per heavy atom. The molecule has 0 aliphatic carbocycles. The number of unbranched alkanes of at least 4 members (excludes halogenated alkanes) is 10. The molecule has 18 aromatic rings. The first-order chi connectivity index (χ1) is 68.5. The predicted octanol–water partition coefficient (Wildman–Crippen LogP) is 33.3. The van der Waals surface area contributed by atoms with Gasteiger partial charge in [0.1, 0.15) is 173 Å². The summed E-state index contributed by atoms with van der Waals surface area (Å²) in [7, 11) is 0. The highest BCUT2D eigenvalue weighted by Gasteiger charge is 2.25. The minimum absolute atomic E-state index is 0.631. The molecule has 0 N–H and O–H groups in total. The molecular formula is C123H126O18. The Labute approximate surface area is 827 Å². The normalized spacial score (nSPS) is 10.9. The third-order valence-corrected chi connectivity index (χ3v) is 25.5. The molecule has 0 amide bonds. The highest BCUT2D eigenvalue weighted by molar-refractivity contribution is 6.13. The molecular weight excluding hydrogens is 1770 g/mol. The van der Waals surface area contributed by atoms with Crippen molar-refractivity contribution < 1.29 is 83.3 Å². The van der Waals surface area contributed by atoms with Crippen LogP contribution >= 0.6 is 0 Å². The molecule has 0 bridgehead atoms. The topological polar surface area (TPSA) is 190 Å². The van der Waals surface area contributed by atoms with E-state index in [0.29, 0.717) is 47.7 Å². The number of rotatable bonds is 33. The van der Waals surface area contributed by atoms with Gasteiger partial charge in [0.15, 0.2) is 0 Å². The first-order valence-electron chi connectivity index (χ1n) is 48.8. The molecule has 0 saturated heterocycles. The number of hydrogen-bond donors (Lipinski definition) is 0. The molecule has 0 unspecified atom stereocenters. The van der Waals surface area contributed by atoms with Crippen LogP contribution in [0.1, 0.15) is 205 Å². The first-order valence-corrected chi connectivity index (χ1v) is 48.8. The molecule has 18 nitrogen and oxygen atoms in total. The third kappa shape index (κ3) is 22.6. The molecule has 18 rings (SSSR count). The zero-order valence-electron chi connectivity index (χ0n) is 84.5. The Morgan fingerprint density at radius 2 is 0.319 bits per heavy atom. The smallest absolute Gasteiger partial charge is 0.146 e. The second-order valence-electron chi connectivity index (χ2n) is 34.9. The molecule has 141 heavy (non-hydrogen) atoms. The van der Waals surface area contributed by atoms with E-state index < -0.39 is 0 Å². The van der Waals surface area contributed by atoms with Gasteiger partial charge < -0.3 is 83.3 Å². The monoisotopic (exact) mass is 1890 g/mol. The van der Waals surface area contributed by atoms with Gasteiger partial charge in [0.25, 0.3) is 0 Å². The Balaban J connectivity index is 0.000000142. The summed E-state index contributed by atoms with van der Waals surface area (Å²) in [5.74, 6) is 9.16. The van der Waals surface area contributed by atoms with Crippen molar-refractivity contribution in [2.45, 2.75) is 221 Å². The van der Waals surface area contributed by atoms with Crippen molar-refractivity contribution in [2.24, 2.45) is 0 Å². The summed E-state index contributed by atoms with van der Waals surface area (Å²) < 4.78 is 103. The van der Waals surface area contributed by atoms with Crippen molar-refractivity contribution in [1.29, 1.82) is 0 Å². The summed E-state index contributed by atoms with van der Waals surface area (Å²) in [5.41, 5.74) is 21.6. The van der Waals surface area contributed by atoms with Crippen molar-refractivity contribution >= 4 is 132 Å². The lowest BCUT2D eigenvalue weighted by molar-refractivity contribution is 0.302. The molecule has 6 heterocycles. The van der Waals surface area contributed by atoms with Crippen molar-refractivity contribution in [3.05, 3.63) is 212 Å². The van der Waals surface area contributed by atoms with Crippen LogP contribution in [0.3, 0.4) is 0 Å². The summed E-state index contributed by atoms with van der Waals surface area (Å²) in [6, 6.07) is 47.6. The number of furan rings is 6. The Hall–Kier alpha value is -15.6. The van der Waals surface area contributed by atoms with Crippen LogP contribution in [0.5, 0.6) is 69.0 Å². The quantitative estimate of drug-likeness (QED) is 0.0279. The lowest BCUT2D eigenvalue weighted by Crippen LogP contribution is -1.98. The average Bonchev–Trinajstić information content (AvgIpc) is 1.64. The second-order valence-corrected chi connectivity index (χ2v) is 34.9. The summed E-state index contributed by atoms with van der Waals surface area (Å²) >= 11 is 0. The summed E-state index contributed by atoms with van der Waals surface area (Å²) in [6.45, 7) is 41.0. The molecule has 0 spiro atoms. The molecule has 18 heteroatoms. The van der Waals surface area contributed by atoms with E-state index in [-0.39, 0.29) is 0 Å². The predicted molar refractivity (Wildman–Crippen MR) is 572 cm³/mol. The van der Waals surface area contributed by atoms with Gasteiger partial charge >= 0.3 is 0 Å². The van der Waals surface area contributed by atoms with Gasteiger partial charge in [-0.15, -0.1) is 0 Å². The van der Waals surface area contributed by atoms with Crippen LogP contribution in [-0.4, -0.2) is 39.6 Å². The standard InChI is InChI=1S/C23H26O3.C22H24O3.C21H22O3.C20H20O3.C19H18O3.C18H16O3/c1-5-7-8-9-10-15-25-21-14-12-19-18-11-13-20(24-6-2)16(3)22(18)26-23(19)17(21)4;1-5-7-8-9-14-24-20-13-11-18-17-10-12-19(23-6-2)15(3)21(17)25-22(18)16(20)4;1-5-7-8-13-23-19-12-10-17-16-9-11-18(22-6-2)14(3)20(16)24-21(17)15(19)4;1-5-7-12-22-18-11-9-16-15-8-10-17(21-6-2)13(3)19(15)23-20(16)14(18)4;1-5-11-21-17-10-8-15-14-7-9-16(20-6-2)12(3)18(14)22-19(15)13(17)4;1-5-19-15-9-7-13-14-8-10-16(20-6-2)12(4)18(14)21-17(13)11(15)3/h2,11-14H,5,7-10,15H2,1,3-4H3;2,10-13H,5,7-9,14H2,1,3-4H3;2,9-12H,5,7-8,13H2,1,3-4H3;2,8-11H,5,7,12H2,1,3-4H3;2,7-10H,5,11H2,1,3-4H3;1,7-10H,6H2,2-4H3. The van der Waals surface area contributed by atoms with Gasteiger partial charge in [-0.3, -0.25) is 0 Å². The SMILES string of the molecule is C#COc1ccc2c(oc3c(C)c(OCC)ccc32)c1C.C#COc1ccc2c(oc3c(C)c(OCCC)ccc32)c1C.C#COc1ccc2c(oc3c(C)c(OCCCC)ccc32)c1C.C#COc1ccc2c(oc3c(C)c(OCCCCC)ccc32)c1C.C#COc1ccc2c(oc3c(C)c(OCCCCCC)ccc32)c1C.C#COc1ccc2c(oc3c(C)c(OCCCCCCC)ccc32)c1C. The fourth-order valence-corrected chi connectivity index (χ4v) is 17.6. The maximum atomic E-state index is 6.17. The van der Waals surface area contributed by atoms with E-state index in [9.17, 15) is 0 Å². The number of ether oxygens (including phenoxy) is 12. The molecule has 0 aliphatic rings. The summed E-state index contributed by atoms with van der Waals surface area (Å²) in [4.78, 5) is 0. The van der Waals surface area contributed by atoms with Crippen LogP contribution in [-0.2, 0) is 0 Å². The molecule has 726 valence electrons. The lowest BCUT2D eigenvalue weighted by Gasteiger charge is -2.09. The van der Waals surface area contributed by atoms with Gasteiger partial charge in [-0.25, -0.2) is 0 Å². The fourth-order valence-electron chi connectivity index (χ4n) is 17.6. The minimum Gasteiger partial charge on any atom is -0.493 e. The van der Waals surface area contributed by atoms with Crippen LogP contribution in [0.2, 0.25) is 0 Å². The van der Waals surface area contributed by atoms with Gasteiger partial charge in [-0.1, -0.05) is 137 Å². The second kappa shape index (κ2) is 48.6. The van der Waals surface area contributed by atoms with Crippen molar-refractivity contribution in [3.63, 3.8) is 0 Å². The number of fused-ring (bicyclic) bond motifs is 18. The van der Waals surface area contributed by atoms with Crippen LogP contribution in [0.15, 0.2) is 172 Å². The Kier molecular flexibility index (Phi) is 35.4. The van der Waals surface area contributed by atoms with Gasteiger partial charge in [-0.05, 0) is 268 Å². The highest BCUT2D eigenvalue weighted by atomic mass is 16.5. The van der Waals surface area contributed by atoms with Crippen LogP contribution in [0, 0.1) is 158 Å². The van der Waals surface area contributed by atoms with Gasteiger partial charge in [0.05, 0.1) is 39.6 Å². The van der Waals surface area contributed by atoms with E-state index in [1.54, 1.807) is 0 Å². The maximum Gasteiger partial charge on any atom is 0.146 e. The molecule has 0 saturated carbocycles. The van der Waals surface area contributed by atoms with E-state index in [1.807, 2.05) is 211 Å². The van der Waals surface area contributed by atoms with Gasteiger partial charge in [0, 0.05) is 131 Å². The van der Waals surface area contributed by atoms with E-state index in [4.69, 9.17) is 122 Å². The van der Waals surface area contributed by atoms with E-state index in [0.717, 1.165) is 298 Å². The van der Waals surface area contributed by atoms with Crippen LogP contribution < -0.4 is 56.8 Å². The number of aryl methyl sites for hydroxylation is 12. The van der Waals surface area contributed by atoms with E-state index in [2.05, 4.69) is 95.5 Å². The average molecular weight is 1890 g/mol. The van der Waals surface area contributed by atoms with Crippen LogP contribution in [0.4, 0.5) is 0 Å². The Morgan fingerprint density at radius 3 is 0.504 bits per heavy atom. The molecule has 0 atom stereocenters. The van der Waals surface area contributed by atoms with E-state index >= 15 is 0 Å². The highest BCUT2D eigenvalue weighted by Crippen LogP contribution is 2.47. The minimum atomic E-state index is 0.631. The first kappa shape index (κ1) is 103. The largest absolute Gasteiger partial charge is 0.493 e. The van der Waals surface area contributed by atoms with Gasteiger partial charge in [-0.2, -0.15) is 0 Å². The number of terminal acetylenes is 6. The van der Waals surface area contributed by atoms with Gasteiger partial charge in [0.2, 0.25) is 0 Å². The zero-order valence-corrected chi connectivity index (χ0v) is 84.5. The lowest BCUT2D eigenvalue weighted by atomic mass is 10.1. The molecule has 12 aromatic carbocycles. The van der Waals surface area contributed by atoms with Crippen molar-refractivity contribution in [3.8, 4) is 144 Å². The summed E-state index contributed by atoms with van der Waals surface area (Å²) in [5, 5.41) is 12.8. The number of benzene rings is 12. The zero-order chi connectivity index (χ0) is 101. The Bertz CT molecular complexity index is 7800. The molecule has 0 fully saturated rings. The third-order valence-electron chi connectivity index (χ3n) is 25.5. The molecule has 6 aromatic heterocycles. The molecule has 0 aliphatic heterocycles. The van der Waals surface area contributed by atoms with Crippen molar-refractivity contribution in [1.82, 2.24) is 0 Å². The maximum absolute atomic E-state index is 6.17. The number of hydrogen-bond acceptors (Lipinski definition) is 18. The molecule has 0 radical (unpaired) electrons. The fraction of sp³-hybridized carbons (Fsp3) is 0.317. The van der Waals surface area contributed by atoms with Crippen molar-refractivity contribution in [2.75, 3.05) is 39.6 Å². The van der Waals surface area contributed by atoms with E-state index in [1.165, 1.54) is 57.8 Å². The summed E-state index contributed by atoms with van der Waals surface area (Å²) in [6.07, 6.45) is 62.2. The van der Waals surface area contributed by atoms with Crippen LogP contribution in [0.25, 0.3) is 132 Å².